The number of halogens is 1. The average molecular weight is 477 g/mol. The standard InChI is InChI=1S/C21H25ClN6O3S/c1-3-21(2)18(30)28(19(31)23-21)26-16(29)12-32-20-25-24-17(14-10-6-7-11-15(14)22)27(20)13-8-4-5-9-13/h6-7,10-11,13H,3-5,8-9,12H2,1-2H3,(H,23,31)(H,26,29). The number of rotatable bonds is 7. The van der Waals surface area contributed by atoms with E-state index in [2.05, 4.69) is 25.5 Å². The fourth-order valence-electron chi connectivity index (χ4n) is 4.01. The van der Waals surface area contributed by atoms with E-state index in [0.29, 0.717) is 22.4 Å². The first-order chi connectivity index (χ1) is 15.3. The van der Waals surface area contributed by atoms with Gasteiger partial charge in [-0.25, -0.2) is 4.79 Å². The van der Waals surface area contributed by atoms with Gasteiger partial charge in [0, 0.05) is 11.6 Å². The number of hydrogen-bond acceptors (Lipinski definition) is 6. The minimum absolute atomic E-state index is 0.0206. The van der Waals surface area contributed by atoms with Crippen molar-refractivity contribution in [3.63, 3.8) is 0 Å². The highest BCUT2D eigenvalue weighted by Gasteiger charge is 2.47. The molecule has 2 fully saturated rings. The first-order valence-electron chi connectivity index (χ1n) is 10.6. The molecule has 1 aromatic carbocycles. The summed E-state index contributed by atoms with van der Waals surface area (Å²) in [7, 11) is 0. The molecule has 9 nitrogen and oxygen atoms in total. The summed E-state index contributed by atoms with van der Waals surface area (Å²) >= 11 is 7.62. The molecule has 0 bridgehead atoms. The van der Waals surface area contributed by atoms with Crippen LogP contribution in [0.15, 0.2) is 29.4 Å². The Hall–Kier alpha value is -2.59. The monoisotopic (exact) mass is 476 g/mol. The molecule has 1 aromatic heterocycles. The maximum absolute atomic E-state index is 12.5. The zero-order chi connectivity index (χ0) is 22.9. The summed E-state index contributed by atoms with van der Waals surface area (Å²) in [5, 5.41) is 13.3. The Morgan fingerprint density at radius 3 is 2.66 bits per heavy atom. The number of benzene rings is 1. The molecule has 32 heavy (non-hydrogen) atoms. The SMILES string of the molecule is CCC1(C)NC(=O)N(NC(=O)CSc2nnc(-c3ccccc3Cl)n2C2CCCC2)C1=O. The van der Waals surface area contributed by atoms with Crippen LogP contribution in [0.1, 0.15) is 52.0 Å². The zero-order valence-electron chi connectivity index (χ0n) is 17.9. The summed E-state index contributed by atoms with van der Waals surface area (Å²) < 4.78 is 2.06. The molecule has 1 unspecified atom stereocenters. The number of amides is 4. The van der Waals surface area contributed by atoms with E-state index < -0.39 is 23.4 Å². The number of nitrogens with one attached hydrogen (secondary N) is 2. The van der Waals surface area contributed by atoms with Crippen molar-refractivity contribution < 1.29 is 14.4 Å². The Kier molecular flexibility index (Phi) is 6.43. The van der Waals surface area contributed by atoms with E-state index in [4.69, 9.17) is 11.6 Å². The van der Waals surface area contributed by atoms with Crippen molar-refractivity contribution >= 4 is 41.2 Å². The average Bonchev–Trinajstić information content (AvgIpc) is 3.49. The second-order valence-electron chi connectivity index (χ2n) is 8.17. The van der Waals surface area contributed by atoms with Gasteiger partial charge in [0.05, 0.1) is 10.8 Å². The van der Waals surface area contributed by atoms with Gasteiger partial charge in [-0.2, -0.15) is 5.01 Å². The van der Waals surface area contributed by atoms with Gasteiger partial charge in [-0.15, -0.1) is 10.2 Å². The van der Waals surface area contributed by atoms with Crippen molar-refractivity contribution in [2.75, 3.05) is 5.75 Å². The maximum Gasteiger partial charge on any atom is 0.344 e. The zero-order valence-corrected chi connectivity index (χ0v) is 19.5. The van der Waals surface area contributed by atoms with Gasteiger partial charge in [0.1, 0.15) is 5.54 Å². The number of carbonyl (C=O) groups is 3. The van der Waals surface area contributed by atoms with Crippen molar-refractivity contribution in [3.05, 3.63) is 29.3 Å². The third-order valence-electron chi connectivity index (χ3n) is 6.01. The number of carbonyl (C=O) groups excluding carboxylic acids is 3. The van der Waals surface area contributed by atoms with Crippen molar-refractivity contribution in [1.29, 1.82) is 0 Å². The van der Waals surface area contributed by atoms with Crippen LogP contribution in [0.25, 0.3) is 11.4 Å². The molecule has 1 aliphatic heterocycles. The summed E-state index contributed by atoms with van der Waals surface area (Å²) in [6.07, 6.45) is 4.68. The van der Waals surface area contributed by atoms with Gasteiger partial charge in [0.2, 0.25) is 5.91 Å². The molecule has 170 valence electrons. The normalized spacial score (nSPS) is 21.3. The highest BCUT2D eigenvalue weighted by Crippen LogP contribution is 2.38. The van der Waals surface area contributed by atoms with E-state index in [-0.39, 0.29) is 11.8 Å². The topological polar surface area (TPSA) is 109 Å². The van der Waals surface area contributed by atoms with Crippen LogP contribution in [0.2, 0.25) is 5.02 Å². The molecule has 2 heterocycles. The van der Waals surface area contributed by atoms with E-state index in [1.807, 2.05) is 24.3 Å². The lowest BCUT2D eigenvalue weighted by Gasteiger charge is -2.19. The fraction of sp³-hybridized carbons (Fsp3) is 0.476. The highest BCUT2D eigenvalue weighted by atomic mass is 35.5. The molecule has 1 aliphatic carbocycles. The smallest absolute Gasteiger partial charge is 0.322 e. The first-order valence-corrected chi connectivity index (χ1v) is 12.0. The molecule has 11 heteroatoms. The van der Waals surface area contributed by atoms with E-state index in [1.54, 1.807) is 13.8 Å². The van der Waals surface area contributed by atoms with Crippen molar-refractivity contribution in [2.45, 2.75) is 62.7 Å². The number of urea groups is 1. The molecule has 4 amide bonds. The van der Waals surface area contributed by atoms with Gasteiger partial charge < -0.3 is 5.32 Å². The summed E-state index contributed by atoms with van der Waals surface area (Å²) in [4.78, 5) is 37.1. The van der Waals surface area contributed by atoms with E-state index in [1.165, 1.54) is 11.8 Å². The van der Waals surface area contributed by atoms with Crippen molar-refractivity contribution in [2.24, 2.45) is 0 Å². The summed E-state index contributed by atoms with van der Waals surface area (Å²) in [6.45, 7) is 3.43. The Bertz CT molecular complexity index is 1050. The van der Waals surface area contributed by atoms with Gasteiger partial charge >= 0.3 is 6.03 Å². The highest BCUT2D eigenvalue weighted by molar-refractivity contribution is 7.99. The lowest BCUT2D eigenvalue weighted by Crippen LogP contribution is -2.49. The molecular formula is C21H25ClN6O3S. The first kappa shape index (κ1) is 22.6. The number of thioether (sulfide) groups is 1. The number of hydrogen-bond donors (Lipinski definition) is 2. The fourth-order valence-corrected chi connectivity index (χ4v) is 5.02. The van der Waals surface area contributed by atoms with Crippen LogP contribution in [-0.2, 0) is 9.59 Å². The van der Waals surface area contributed by atoms with Crippen LogP contribution in [0, 0.1) is 0 Å². The van der Waals surface area contributed by atoms with Crippen LogP contribution in [0.5, 0.6) is 0 Å². The minimum atomic E-state index is -1.01. The third-order valence-corrected chi connectivity index (χ3v) is 7.28. The number of nitrogens with zero attached hydrogens (tertiary/aromatic N) is 4. The molecule has 2 N–H and O–H groups in total. The van der Waals surface area contributed by atoms with Gasteiger partial charge in [0.15, 0.2) is 11.0 Å². The van der Waals surface area contributed by atoms with Crippen LogP contribution in [0.3, 0.4) is 0 Å². The molecule has 0 spiro atoms. The number of imide groups is 1. The molecule has 1 saturated heterocycles. The Morgan fingerprint density at radius 1 is 1.28 bits per heavy atom. The minimum Gasteiger partial charge on any atom is -0.322 e. The van der Waals surface area contributed by atoms with Gasteiger partial charge in [0.25, 0.3) is 5.91 Å². The summed E-state index contributed by atoms with van der Waals surface area (Å²) in [6, 6.07) is 7.08. The predicted octanol–water partition coefficient (Wildman–Crippen LogP) is 3.56. The molecule has 1 atom stereocenters. The van der Waals surface area contributed by atoms with E-state index in [0.717, 1.165) is 36.3 Å². The summed E-state index contributed by atoms with van der Waals surface area (Å²) in [5.74, 6) is -0.288. The van der Waals surface area contributed by atoms with Crippen LogP contribution >= 0.6 is 23.4 Å². The molecular weight excluding hydrogens is 452 g/mol. The number of aromatic nitrogens is 3. The van der Waals surface area contributed by atoms with Crippen molar-refractivity contribution in [1.82, 2.24) is 30.5 Å². The molecule has 1 saturated carbocycles. The molecule has 2 aliphatic rings. The second-order valence-corrected chi connectivity index (χ2v) is 9.52. The van der Waals surface area contributed by atoms with E-state index >= 15 is 0 Å². The predicted molar refractivity (Wildman–Crippen MR) is 121 cm³/mol. The quantitative estimate of drug-likeness (QED) is 0.467. The number of hydrazine groups is 1. The second kappa shape index (κ2) is 9.11. The van der Waals surface area contributed by atoms with Crippen LogP contribution < -0.4 is 10.7 Å². The molecule has 2 aromatic rings. The van der Waals surface area contributed by atoms with Gasteiger partial charge in [-0.1, -0.05) is 55.3 Å². The Labute approximate surface area is 195 Å². The molecule has 0 radical (unpaired) electrons. The van der Waals surface area contributed by atoms with Gasteiger partial charge in [-0.05, 0) is 38.3 Å². The van der Waals surface area contributed by atoms with E-state index in [9.17, 15) is 14.4 Å². The van der Waals surface area contributed by atoms with Crippen molar-refractivity contribution in [3.8, 4) is 11.4 Å². The Balaban J connectivity index is 1.50. The third kappa shape index (κ3) is 4.21. The van der Waals surface area contributed by atoms with Crippen LogP contribution in [-0.4, -0.2) is 48.9 Å². The Morgan fingerprint density at radius 2 is 2.00 bits per heavy atom. The lowest BCUT2D eigenvalue weighted by atomic mass is 10.00. The lowest BCUT2D eigenvalue weighted by molar-refractivity contribution is -0.137. The summed E-state index contributed by atoms with van der Waals surface area (Å²) in [5.41, 5.74) is 2.19. The molecule has 4 rings (SSSR count). The van der Waals surface area contributed by atoms with Crippen LogP contribution in [0.4, 0.5) is 4.79 Å². The van der Waals surface area contributed by atoms with Gasteiger partial charge in [-0.3, -0.25) is 19.6 Å². The largest absolute Gasteiger partial charge is 0.344 e. The maximum atomic E-state index is 12.5.